The molecule has 0 atom stereocenters. The van der Waals surface area contributed by atoms with Crippen LogP contribution in [0.25, 0.3) is 16.8 Å². The highest BCUT2D eigenvalue weighted by molar-refractivity contribution is 9.10. The molecule has 0 radical (unpaired) electrons. The van der Waals surface area contributed by atoms with Crippen molar-refractivity contribution < 1.29 is 0 Å². The lowest BCUT2D eigenvalue weighted by atomic mass is 10.2. The zero-order valence-electron chi connectivity index (χ0n) is 12.6. The molecule has 0 unspecified atom stereocenters. The molecule has 3 rings (SSSR count). The first-order valence-electron chi connectivity index (χ1n) is 7.10. The van der Waals surface area contributed by atoms with Gasteiger partial charge in [-0.15, -0.1) is 11.3 Å². The standard InChI is InChI=1S/C18H10BrCl2N3S/c19-13-3-1-11(2-4-13)17-10-25-18(24-17)12(8-22)9-23-16-6-5-14(20)7-15(16)21/h1-7,9-10,23H/b12-9-. The summed E-state index contributed by atoms with van der Waals surface area (Å²) in [7, 11) is 0. The SMILES string of the molecule is N#C/C(=C/Nc1ccc(Cl)cc1Cl)c1nc(-c2ccc(Br)cc2)cs1. The number of nitrogens with zero attached hydrogens (tertiary/aromatic N) is 2. The molecule has 2 aromatic carbocycles. The van der Waals surface area contributed by atoms with E-state index in [2.05, 4.69) is 32.3 Å². The lowest BCUT2D eigenvalue weighted by Crippen LogP contribution is -1.92. The minimum Gasteiger partial charge on any atom is -0.359 e. The van der Waals surface area contributed by atoms with Crippen molar-refractivity contribution in [2.45, 2.75) is 0 Å². The number of nitrogens with one attached hydrogen (secondary N) is 1. The van der Waals surface area contributed by atoms with Crippen LogP contribution in [0, 0.1) is 11.3 Å². The van der Waals surface area contributed by atoms with Gasteiger partial charge < -0.3 is 5.32 Å². The van der Waals surface area contributed by atoms with E-state index in [4.69, 9.17) is 23.2 Å². The zero-order valence-corrected chi connectivity index (χ0v) is 16.5. The van der Waals surface area contributed by atoms with Crippen molar-refractivity contribution in [2.24, 2.45) is 0 Å². The molecular formula is C18H10BrCl2N3S. The van der Waals surface area contributed by atoms with Crippen LogP contribution >= 0.6 is 50.5 Å². The van der Waals surface area contributed by atoms with Crippen molar-refractivity contribution in [2.75, 3.05) is 5.32 Å². The molecule has 0 spiro atoms. The number of benzene rings is 2. The Balaban J connectivity index is 1.84. The summed E-state index contributed by atoms with van der Waals surface area (Å²) in [6, 6.07) is 15.2. The second kappa shape index (κ2) is 8.03. The first kappa shape index (κ1) is 18.0. The number of aromatic nitrogens is 1. The summed E-state index contributed by atoms with van der Waals surface area (Å²) in [4.78, 5) is 4.55. The Hall–Kier alpha value is -1.84. The van der Waals surface area contributed by atoms with Gasteiger partial charge in [0.15, 0.2) is 0 Å². The zero-order chi connectivity index (χ0) is 17.8. The van der Waals surface area contributed by atoms with E-state index in [1.807, 2.05) is 29.6 Å². The quantitative estimate of drug-likeness (QED) is 0.441. The Bertz CT molecular complexity index is 975. The average Bonchev–Trinajstić information content (AvgIpc) is 3.07. The molecule has 25 heavy (non-hydrogen) atoms. The van der Waals surface area contributed by atoms with E-state index in [1.54, 1.807) is 24.4 Å². The molecule has 0 aliphatic carbocycles. The van der Waals surface area contributed by atoms with E-state index >= 15 is 0 Å². The van der Waals surface area contributed by atoms with Crippen molar-refractivity contribution in [3.63, 3.8) is 0 Å². The summed E-state index contributed by atoms with van der Waals surface area (Å²) in [6.07, 6.45) is 1.60. The number of hydrogen-bond acceptors (Lipinski definition) is 4. The van der Waals surface area contributed by atoms with Gasteiger partial charge in [-0.3, -0.25) is 0 Å². The lowest BCUT2D eigenvalue weighted by Gasteiger charge is -2.04. The highest BCUT2D eigenvalue weighted by atomic mass is 79.9. The number of thiazole rings is 1. The summed E-state index contributed by atoms with van der Waals surface area (Å²) in [5.74, 6) is 0. The van der Waals surface area contributed by atoms with Gasteiger partial charge >= 0.3 is 0 Å². The molecule has 0 aliphatic heterocycles. The smallest absolute Gasteiger partial charge is 0.136 e. The summed E-state index contributed by atoms with van der Waals surface area (Å²) in [6.45, 7) is 0. The third-order valence-corrected chi connectivity index (χ3v) is 5.25. The minimum absolute atomic E-state index is 0.430. The molecular weight excluding hydrogens is 441 g/mol. The maximum Gasteiger partial charge on any atom is 0.136 e. The van der Waals surface area contributed by atoms with E-state index in [1.165, 1.54) is 11.3 Å². The maximum absolute atomic E-state index is 9.44. The molecule has 124 valence electrons. The Labute approximate surface area is 167 Å². The van der Waals surface area contributed by atoms with Gasteiger partial charge in [0.25, 0.3) is 0 Å². The summed E-state index contributed by atoms with van der Waals surface area (Å²) in [5.41, 5.74) is 2.93. The fourth-order valence-electron chi connectivity index (χ4n) is 2.05. The summed E-state index contributed by atoms with van der Waals surface area (Å²) in [5, 5.41) is 16.1. The van der Waals surface area contributed by atoms with Crippen molar-refractivity contribution in [3.8, 4) is 17.3 Å². The molecule has 1 N–H and O–H groups in total. The Morgan fingerprint density at radius 1 is 1.20 bits per heavy atom. The van der Waals surface area contributed by atoms with E-state index in [0.717, 1.165) is 15.7 Å². The highest BCUT2D eigenvalue weighted by Crippen LogP contribution is 2.29. The van der Waals surface area contributed by atoms with Crippen LogP contribution in [-0.2, 0) is 0 Å². The second-order valence-electron chi connectivity index (χ2n) is 4.98. The molecule has 0 saturated carbocycles. The van der Waals surface area contributed by atoms with Crippen LogP contribution in [0.4, 0.5) is 5.69 Å². The van der Waals surface area contributed by atoms with Crippen molar-refractivity contribution >= 4 is 61.7 Å². The topological polar surface area (TPSA) is 48.7 Å². The molecule has 0 bridgehead atoms. The fourth-order valence-corrected chi connectivity index (χ4v) is 3.57. The third kappa shape index (κ3) is 4.42. The van der Waals surface area contributed by atoms with Crippen LogP contribution < -0.4 is 5.32 Å². The lowest BCUT2D eigenvalue weighted by molar-refractivity contribution is 1.36. The predicted molar refractivity (Wildman–Crippen MR) is 109 cm³/mol. The van der Waals surface area contributed by atoms with Gasteiger partial charge in [-0.2, -0.15) is 5.26 Å². The molecule has 3 nitrogen and oxygen atoms in total. The van der Waals surface area contributed by atoms with Crippen molar-refractivity contribution in [3.05, 3.63) is 73.6 Å². The largest absolute Gasteiger partial charge is 0.359 e. The monoisotopic (exact) mass is 449 g/mol. The Morgan fingerprint density at radius 3 is 2.64 bits per heavy atom. The summed E-state index contributed by atoms with van der Waals surface area (Å²) >= 11 is 16.8. The number of hydrogen-bond donors (Lipinski definition) is 1. The maximum atomic E-state index is 9.44. The van der Waals surface area contributed by atoms with Gasteiger partial charge in [-0.25, -0.2) is 4.98 Å². The van der Waals surface area contributed by atoms with Gasteiger partial charge in [0.2, 0.25) is 0 Å². The van der Waals surface area contributed by atoms with Crippen LogP contribution in [-0.4, -0.2) is 4.98 Å². The van der Waals surface area contributed by atoms with Gasteiger partial charge in [0.05, 0.1) is 16.4 Å². The van der Waals surface area contributed by atoms with Gasteiger partial charge in [-0.05, 0) is 30.3 Å². The first-order chi connectivity index (χ1) is 12.1. The molecule has 0 fully saturated rings. The first-order valence-corrected chi connectivity index (χ1v) is 9.53. The van der Waals surface area contributed by atoms with Crippen LogP contribution in [0.15, 0.2) is 58.5 Å². The van der Waals surface area contributed by atoms with Crippen LogP contribution in [0.3, 0.4) is 0 Å². The highest BCUT2D eigenvalue weighted by Gasteiger charge is 2.09. The number of nitriles is 1. The van der Waals surface area contributed by atoms with E-state index in [-0.39, 0.29) is 0 Å². The number of rotatable bonds is 4. The Morgan fingerprint density at radius 2 is 1.96 bits per heavy atom. The molecule has 0 saturated heterocycles. The van der Waals surface area contributed by atoms with Crippen molar-refractivity contribution in [1.29, 1.82) is 5.26 Å². The minimum atomic E-state index is 0.430. The predicted octanol–water partition coefficient (Wildman–Crippen LogP) is 6.86. The summed E-state index contributed by atoms with van der Waals surface area (Å²) < 4.78 is 1.01. The second-order valence-corrected chi connectivity index (χ2v) is 7.60. The van der Waals surface area contributed by atoms with E-state index in [9.17, 15) is 5.26 Å². The van der Waals surface area contributed by atoms with E-state index in [0.29, 0.717) is 26.3 Å². The molecule has 1 heterocycles. The van der Waals surface area contributed by atoms with Crippen LogP contribution in [0.5, 0.6) is 0 Å². The Kier molecular flexibility index (Phi) is 5.77. The number of halogens is 3. The molecule has 1 aromatic heterocycles. The van der Waals surface area contributed by atoms with Crippen LogP contribution in [0.2, 0.25) is 10.0 Å². The molecule has 3 aromatic rings. The van der Waals surface area contributed by atoms with Crippen molar-refractivity contribution in [1.82, 2.24) is 4.98 Å². The van der Waals surface area contributed by atoms with Crippen LogP contribution in [0.1, 0.15) is 5.01 Å². The average molecular weight is 451 g/mol. The molecule has 0 amide bonds. The number of allylic oxidation sites excluding steroid dienone is 1. The molecule has 0 aliphatic rings. The van der Waals surface area contributed by atoms with E-state index < -0.39 is 0 Å². The fraction of sp³-hybridized carbons (Fsp3) is 0. The van der Waals surface area contributed by atoms with Gasteiger partial charge in [-0.1, -0.05) is 51.3 Å². The molecule has 7 heteroatoms. The van der Waals surface area contributed by atoms with Gasteiger partial charge in [0, 0.05) is 26.6 Å². The number of anilines is 1. The normalized spacial score (nSPS) is 11.2. The van der Waals surface area contributed by atoms with Gasteiger partial charge in [0.1, 0.15) is 16.6 Å². The third-order valence-electron chi connectivity index (χ3n) is 3.30.